The van der Waals surface area contributed by atoms with Gasteiger partial charge in [-0.2, -0.15) is 0 Å². The Morgan fingerprint density at radius 3 is 1.68 bits per heavy atom. The van der Waals surface area contributed by atoms with Crippen molar-refractivity contribution in [2.75, 3.05) is 4.90 Å². The Morgan fingerprint density at radius 1 is 0.404 bits per heavy atom. The van der Waals surface area contributed by atoms with Crippen LogP contribution in [0.4, 0.5) is 17.1 Å². The molecule has 10 aromatic rings. The monoisotopic (exact) mass is 763 g/mol. The van der Waals surface area contributed by atoms with Gasteiger partial charge in [0.05, 0.1) is 10.4 Å². The molecule has 9 aromatic carbocycles. The van der Waals surface area contributed by atoms with Crippen LogP contribution in [0.5, 0.6) is 23.0 Å². The Labute approximate surface area is 335 Å². The minimum absolute atomic E-state index is 0.880. The molecular formula is C52H33NO2SSi. The van der Waals surface area contributed by atoms with Crippen LogP contribution in [0, 0.1) is 0 Å². The molecule has 1 aromatic heterocycles. The fourth-order valence-corrected chi connectivity index (χ4v) is 15.7. The van der Waals surface area contributed by atoms with E-state index in [2.05, 4.69) is 205 Å². The van der Waals surface area contributed by atoms with E-state index in [0.29, 0.717) is 0 Å². The van der Waals surface area contributed by atoms with Crippen molar-refractivity contribution in [2.45, 2.75) is 0 Å². The van der Waals surface area contributed by atoms with Gasteiger partial charge in [0.15, 0.2) is 8.07 Å². The van der Waals surface area contributed by atoms with Gasteiger partial charge in [0.2, 0.25) is 0 Å². The summed E-state index contributed by atoms with van der Waals surface area (Å²) in [6.45, 7) is 0. The molecule has 12 rings (SSSR count). The fraction of sp³-hybridized carbons (Fsp3) is 0. The van der Waals surface area contributed by atoms with Gasteiger partial charge in [-0.1, -0.05) is 146 Å². The number of para-hydroxylation sites is 3. The molecule has 0 atom stereocenters. The summed E-state index contributed by atoms with van der Waals surface area (Å²) in [5.74, 6) is 3.61. The van der Waals surface area contributed by atoms with Gasteiger partial charge in [0, 0.05) is 32.9 Å². The average Bonchev–Trinajstić information content (AvgIpc) is 3.66. The van der Waals surface area contributed by atoms with Crippen molar-refractivity contribution < 1.29 is 9.47 Å². The first-order valence-corrected chi connectivity index (χ1v) is 22.1. The molecular weight excluding hydrogens is 731 g/mol. The lowest BCUT2D eigenvalue weighted by molar-refractivity contribution is 0.482. The molecule has 0 aliphatic carbocycles. The molecule has 3 nitrogen and oxygen atoms in total. The predicted octanol–water partition coefficient (Wildman–Crippen LogP) is 11.9. The first-order valence-electron chi connectivity index (χ1n) is 19.3. The van der Waals surface area contributed by atoms with Crippen LogP contribution in [-0.2, 0) is 0 Å². The van der Waals surface area contributed by atoms with Gasteiger partial charge in [-0.15, -0.1) is 11.3 Å². The van der Waals surface area contributed by atoms with Crippen molar-refractivity contribution in [2.24, 2.45) is 0 Å². The van der Waals surface area contributed by atoms with E-state index in [-0.39, 0.29) is 0 Å². The van der Waals surface area contributed by atoms with Crippen LogP contribution in [-0.4, -0.2) is 8.07 Å². The second kappa shape index (κ2) is 12.5. The third-order valence-corrected chi connectivity index (χ3v) is 17.9. The molecule has 0 amide bonds. The number of rotatable bonds is 4. The summed E-state index contributed by atoms with van der Waals surface area (Å²) in [4.78, 5) is 2.41. The summed E-state index contributed by atoms with van der Waals surface area (Å²) in [7, 11) is -2.87. The number of ether oxygens (including phenoxy) is 2. The maximum absolute atomic E-state index is 7.02. The molecule has 57 heavy (non-hydrogen) atoms. The van der Waals surface area contributed by atoms with Crippen LogP contribution in [0.1, 0.15) is 0 Å². The summed E-state index contributed by atoms with van der Waals surface area (Å²) >= 11 is 1.85. The first kappa shape index (κ1) is 32.3. The normalized spacial score (nSPS) is 13.3. The highest BCUT2D eigenvalue weighted by Gasteiger charge is 2.53. The summed E-state index contributed by atoms with van der Waals surface area (Å²) in [6.07, 6.45) is 0. The van der Waals surface area contributed by atoms with Crippen molar-refractivity contribution in [3.63, 3.8) is 0 Å². The third kappa shape index (κ3) is 4.77. The minimum Gasteiger partial charge on any atom is -0.458 e. The van der Waals surface area contributed by atoms with Gasteiger partial charge in [-0.25, -0.2) is 0 Å². The van der Waals surface area contributed by atoms with E-state index in [9.17, 15) is 0 Å². The highest BCUT2D eigenvalue weighted by molar-refractivity contribution is 7.26. The molecule has 0 bridgehead atoms. The highest BCUT2D eigenvalue weighted by Crippen LogP contribution is 2.46. The van der Waals surface area contributed by atoms with E-state index in [1.54, 1.807) is 0 Å². The number of thiophene rings is 1. The molecule has 2 aliphatic rings. The van der Waals surface area contributed by atoms with Gasteiger partial charge in [0.1, 0.15) is 23.0 Å². The predicted molar refractivity (Wildman–Crippen MR) is 241 cm³/mol. The van der Waals surface area contributed by atoms with Gasteiger partial charge in [-0.3, -0.25) is 0 Å². The fourth-order valence-electron chi connectivity index (χ4n) is 9.35. The van der Waals surface area contributed by atoms with E-state index < -0.39 is 8.07 Å². The Morgan fingerprint density at radius 2 is 0.947 bits per heavy atom. The topological polar surface area (TPSA) is 21.7 Å². The van der Waals surface area contributed by atoms with Crippen LogP contribution in [0.25, 0.3) is 42.1 Å². The summed E-state index contributed by atoms with van der Waals surface area (Å²) < 4.78 is 16.2. The average molecular weight is 764 g/mol. The molecule has 0 radical (unpaired) electrons. The second-order valence-corrected chi connectivity index (χ2v) is 19.5. The van der Waals surface area contributed by atoms with Crippen molar-refractivity contribution in [3.05, 3.63) is 200 Å². The standard InChI is InChI=1S/C52H33NO2SSi/c1-2-15-38-34(13-1)14-11-17-39(38)35-27-29-36(30-28-35)53(42-19-12-18-41-40-16-3-7-23-47(40)56-52(41)42)37-31-32-51-46(33-37)55-45-22-6-10-26-50(45)57(51)48-24-8-4-20-43(48)54-44-21-5-9-25-49(44)57/h1-33H. The molecule has 0 saturated carbocycles. The van der Waals surface area contributed by atoms with E-state index in [0.717, 1.165) is 40.1 Å². The number of hydrogen-bond acceptors (Lipinski definition) is 4. The molecule has 2 aliphatic heterocycles. The number of fused-ring (bicyclic) bond motifs is 12. The molecule has 5 heteroatoms. The molecule has 1 spiro atoms. The quantitative estimate of drug-likeness (QED) is 0.167. The van der Waals surface area contributed by atoms with E-state index in [1.807, 2.05) is 11.3 Å². The van der Waals surface area contributed by atoms with Crippen LogP contribution in [0.3, 0.4) is 0 Å². The zero-order valence-electron chi connectivity index (χ0n) is 30.7. The number of benzene rings is 9. The lowest BCUT2D eigenvalue weighted by Crippen LogP contribution is -2.77. The Balaban J connectivity index is 1.09. The van der Waals surface area contributed by atoms with E-state index in [1.165, 1.54) is 62.8 Å². The number of hydrogen-bond donors (Lipinski definition) is 0. The van der Waals surface area contributed by atoms with Crippen LogP contribution >= 0.6 is 11.3 Å². The van der Waals surface area contributed by atoms with E-state index >= 15 is 0 Å². The van der Waals surface area contributed by atoms with Crippen LogP contribution < -0.4 is 35.1 Å². The highest BCUT2D eigenvalue weighted by atomic mass is 32.1. The van der Waals surface area contributed by atoms with Crippen molar-refractivity contribution in [1.82, 2.24) is 0 Å². The van der Waals surface area contributed by atoms with Crippen LogP contribution in [0.15, 0.2) is 200 Å². The molecule has 0 N–H and O–H groups in total. The maximum atomic E-state index is 7.02. The summed E-state index contributed by atoms with van der Waals surface area (Å²) in [6, 6.07) is 72.4. The smallest absolute Gasteiger partial charge is 0.196 e. The lowest BCUT2D eigenvalue weighted by atomic mass is 9.98. The van der Waals surface area contributed by atoms with Crippen molar-refractivity contribution in [3.8, 4) is 34.1 Å². The van der Waals surface area contributed by atoms with Gasteiger partial charge in [0.25, 0.3) is 0 Å². The van der Waals surface area contributed by atoms with Crippen molar-refractivity contribution >= 4 is 88.2 Å². The van der Waals surface area contributed by atoms with Gasteiger partial charge in [-0.05, 0) is 91.2 Å². The minimum atomic E-state index is -2.87. The van der Waals surface area contributed by atoms with Crippen molar-refractivity contribution in [1.29, 1.82) is 0 Å². The van der Waals surface area contributed by atoms with E-state index in [4.69, 9.17) is 9.47 Å². The molecule has 0 unspecified atom stereocenters. The van der Waals surface area contributed by atoms with Crippen LogP contribution in [0.2, 0.25) is 0 Å². The molecule has 268 valence electrons. The lowest BCUT2D eigenvalue weighted by Gasteiger charge is -2.43. The summed E-state index contributed by atoms with van der Waals surface area (Å²) in [5, 5.41) is 9.97. The zero-order chi connectivity index (χ0) is 37.5. The molecule has 3 heterocycles. The zero-order valence-corrected chi connectivity index (χ0v) is 32.5. The van der Waals surface area contributed by atoms with Gasteiger partial charge >= 0.3 is 0 Å². The number of anilines is 3. The Kier molecular flexibility index (Phi) is 7.12. The first-order chi connectivity index (χ1) is 28.3. The number of nitrogens with zero attached hydrogens (tertiary/aromatic N) is 1. The largest absolute Gasteiger partial charge is 0.458 e. The Bertz CT molecular complexity index is 3160. The second-order valence-electron chi connectivity index (χ2n) is 14.8. The van der Waals surface area contributed by atoms with Gasteiger partial charge < -0.3 is 14.4 Å². The summed E-state index contributed by atoms with van der Waals surface area (Å²) in [5.41, 5.74) is 5.66. The SMILES string of the molecule is c1ccc2c(c1)Oc1ccccc1[Si]21c2ccccc2Oc2cc(N(c3ccc(-c4cccc5ccccc45)cc3)c3cccc4c3sc3ccccc34)ccc21. The molecule has 0 fully saturated rings. The maximum Gasteiger partial charge on any atom is 0.196 e. The molecule has 0 saturated heterocycles. The third-order valence-electron chi connectivity index (χ3n) is 11.8. The Hall–Kier alpha value is -6.92.